The number of hydrogen-bond donors (Lipinski definition) is 4. The predicted octanol–water partition coefficient (Wildman–Crippen LogP) is 2.74. The number of carbonyl (C=O) groups is 4. The zero-order valence-electron chi connectivity index (χ0n) is 18.1. The van der Waals surface area contributed by atoms with Crippen molar-refractivity contribution in [1.82, 2.24) is 10.6 Å². The number of nitrogens with one attached hydrogen (secondary N) is 2. The summed E-state index contributed by atoms with van der Waals surface area (Å²) < 4.78 is 5.20. The standard InChI is InChI=1S/C21H30N2O7/c1-12(2)11-15(22-19(29)30-20(3,4)5)16(24)23-21(6,18(27)28)14-9-7-13(8-10-14)17(25)26/h7-10,12,15H,11H2,1-6H3,(H,22,29)(H,23,24)(H,25,26)(H,27,28)/t15-,21+/m0/s1. The Balaban J connectivity index is 3.13. The first kappa shape index (κ1) is 24.9. The van der Waals surface area contributed by atoms with Crippen molar-refractivity contribution < 1.29 is 34.1 Å². The largest absolute Gasteiger partial charge is 0.479 e. The van der Waals surface area contributed by atoms with Crippen LogP contribution in [-0.2, 0) is 19.9 Å². The average Bonchev–Trinajstić information content (AvgIpc) is 2.58. The summed E-state index contributed by atoms with van der Waals surface area (Å²) in [6, 6.07) is 4.16. The maximum Gasteiger partial charge on any atom is 0.408 e. The van der Waals surface area contributed by atoms with Crippen LogP contribution in [0.1, 0.15) is 63.9 Å². The van der Waals surface area contributed by atoms with Gasteiger partial charge in [-0.25, -0.2) is 14.4 Å². The molecule has 2 atom stereocenters. The fourth-order valence-electron chi connectivity index (χ4n) is 2.68. The van der Waals surface area contributed by atoms with Crippen LogP contribution >= 0.6 is 0 Å². The second-order valence-electron chi connectivity index (χ2n) is 8.63. The van der Waals surface area contributed by atoms with Crippen molar-refractivity contribution in [1.29, 1.82) is 0 Å². The number of aliphatic carboxylic acids is 1. The van der Waals surface area contributed by atoms with E-state index in [9.17, 15) is 24.3 Å². The zero-order valence-corrected chi connectivity index (χ0v) is 18.1. The van der Waals surface area contributed by atoms with Gasteiger partial charge in [0.1, 0.15) is 11.6 Å². The van der Waals surface area contributed by atoms with E-state index in [4.69, 9.17) is 9.84 Å². The maximum atomic E-state index is 12.9. The summed E-state index contributed by atoms with van der Waals surface area (Å²) in [4.78, 5) is 48.1. The Kier molecular flexibility index (Phi) is 7.98. The molecule has 30 heavy (non-hydrogen) atoms. The van der Waals surface area contributed by atoms with E-state index in [2.05, 4.69) is 10.6 Å². The second-order valence-corrected chi connectivity index (χ2v) is 8.63. The molecule has 2 amide bonds. The number of alkyl carbamates (subject to hydrolysis) is 1. The number of carboxylic acid groups (broad SMARTS) is 2. The molecule has 0 bridgehead atoms. The molecule has 1 aromatic carbocycles. The van der Waals surface area contributed by atoms with Crippen LogP contribution in [0, 0.1) is 5.92 Å². The van der Waals surface area contributed by atoms with Gasteiger partial charge >= 0.3 is 18.0 Å². The molecule has 0 aliphatic rings. The molecule has 0 heterocycles. The lowest BCUT2D eigenvalue weighted by molar-refractivity contribution is -0.147. The topological polar surface area (TPSA) is 142 Å². The minimum absolute atomic E-state index is 0.0120. The highest BCUT2D eigenvalue weighted by molar-refractivity contribution is 5.92. The highest BCUT2D eigenvalue weighted by Gasteiger charge is 2.39. The molecule has 0 fully saturated rings. The van der Waals surface area contributed by atoms with E-state index in [1.54, 1.807) is 20.8 Å². The smallest absolute Gasteiger partial charge is 0.408 e. The summed E-state index contributed by atoms with van der Waals surface area (Å²) in [6.45, 7) is 10.1. The van der Waals surface area contributed by atoms with Gasteiger partial charge in [-0.2, -0.15) is 0 Å². The monoisotopic (exact) mass is 422 g/mol. The summed E-state index contributed by atoms with van der Waals surface area (Å²) in [5.41, 5.74) is -2.42. The highest BCUT2D eigenvalue weighted by Crippen LogP contribution is 2.23. The van der Waals surface area contributed by atoms with Crippen LogP contribution in [0.5, 0.6) is 0 Å². The van der Waals surface area contributed by atoms with Crippen molar-refractivity contribution in [3.8, 4) is 0 Å². The van der Waals surface area contributed by atoms with Crippen LogP contribution in [-0.4, -0.2) is 45.8 Å². The lowest BCUT2D eigenvalue weighted by atomic mass is 9.90. The van der Waals surface area contributed by atoms with Crippen molar-refractivity contribution >= 4 is 23.9 Å². The molecule has 4 N–H and O–H groups in total. The van der Waals surface area contributed by atoms with Crippen LogP contribution in [0.2, 0.25) is 0 Å². The van der Waals surface area contributed by atoms with Gasteiger partial charge in [0, 0.05) is 0 Å². The number of hydrogen-bond acceptors (Lipinski definition) is 5. The maximum absolute atomic E-state index is 12.9. The van der Waals surface area contributed by atoms with E-state index < -0.39 is 41.1 Å². The normalized spacial score (nSPS) is 14.4. The molecular formula is C21H30N2O7. The zero-order chi connectivity index (χ0) is 23.3. The third-order valence-electron chi connectivity index (χ3n) is 4.22. The Bertz CT molecular complexity index is 797. The van der Waals surface area contributed by atoms with Gasteiger partial charge in [0.25, 0.3) is 0 Å². The molecule has 166 valence electrons. The Morgan fingerprint density at radius 1 is 1.00 bits per heavy atom. The molecule has 0 aliphatic heterocycles. The van der Waals surface area contributed by atoms with Crippen LogP contribution in [0.3, 0.4) is 0 Å². The van der Waals surface area contributed by atoms with E-state index >= 15 is 0 Å². The first-order valence-electron chi connectivity index (χ1n) is 9.54. The molecule has 9 nitrogen and oxygen atoms in total. The first-order valence-corrected chi connectivity index (χ1v) is 9.54. The van der Waals surface area contributed by atoms with Gasteiger partial charge in [-0.05, 0) is 57.7 Å². The van der Waals surface area contributed by atoms with Gasteiger partial charge in [0.05, 0.1) is 5.56 Å². The van der Waals surface area contributed by atoms with Gasteiger partial charge < -0.3 is 25.6 Å². The van der Waals surface area contributed by atoms with Gasteiger partial charge in [-0.1, -0.05) is 26.0 Å². The van der Waals surface area contributed by atoms with Gasteiger partial charge in [0.15, 0.2) is 5.54 Å². The van der Waals surface area contributed by atoms with E-state index in [1.807, 2.05) is 13.8 Å². The number of amides is 2. The summed E-state index contributed by atoms with van der Waals surface area (Å²) in [5.74, 6) is -3.15. The quantitative estimate of drug-likeness (QED) is 0.504. The number of carbonyl (C=O) groups excluding carboxylic acids is 2. The number of rotatable bonds is 8. The highest BCUT2D eigenvalue weighted by atomic mass is 16.6. The molecule has 1 aromatic rings. The summed E-state index contributed by atoms with van der Waals surface area (Å²) >= 11 is 0. The third kappa shape index (κ3) is 7.06. The summed E-state index contributed by atoms with van der Waals surface area (Å²) in [6.07, 6.45) is -0.523. The Morgan fingerprint density at radius 2 is 1.53 bits per heavy atom. The molecule has 0 aromatic heterocycles. The summed E-state index contributed by atoms with van der Waals surface area (Å²) in [7, 11) is 0. The lowest BCUT2D eigenvalue weighted by Gasteiger charge is -2.30. The van der Waals surface area contributed by atoms with Gasteiger partial charge in [-0.3, -0.25) is 4.79 Å². The molecular weight excluding hydrogens is 392 g/mol. The number of benzene rings is 1. The molecule has 0 spiro atoms. The fraction of sp³-hybridized carbons (Fsp3) is 0.524. The van der Waals surface area contributed by atoms with Crippen molar-refractivity contribution in [2.45, 2.75) is 65.1 Å². The molecule has 0 radical (unpaired) electrons. The SMILES string of the molecule is CC(C)C[C@H](NC(=O)OC(C)(C)C)C(=O)N[C@@](C)(C(=O)O)c1ccc(C(=O)O)cc1. The molecule has 1 rings (SSSR count). The molecule has 0 saturated carbocycles. The lowest BCUT2D eigenvalue weighted by Crippen LogP contribution is -2.56. The fourth-order valence-corrected chi connectivity index (χ4v) is 2.68. The van der Waals surface area contributed by atoms with E-state index in [1.165, 1.54) is 31.2 Å². The van der Waals surface area contributed by atoms with Gasteiger partial charge in [-0.15, -0.1) is 0 Å². The third-order valence-corrected chi connectivity index (χ3v) is 4.22. The van der Waals surface area contributed by atoms with Crippen LogP contribution in [0.4, 0.5) is 4.79 Å². The average molecular weight is 422 g/mol. The van der Waals surface area contributed by atoms with Crippen LogP contribution < -0.4 is 10.6 Å². The Morgan fingerprint density at radius 3 is 1.93 bits per heavy atom. The number of carboxylic acids is 2. The second kappa shape index (κ2) is 9.60. The van der Waals surface area contributed by atoms with E-state index in [-0.39, 0.29) is 23.5 Å². The molecule has 9 heteroatoms. The van der Waals surface area contributed by atoms with Gasteiger partial charge in [0.2, 0.25) is 5.91 Å². The van der Waals surface area contributed by atoms with Crippen LogP contribution in [0.25, 0.3) is 0 Å². The van der Waals surface area contributed by atoms with Crippen molar-refractivity contribution in [3.05, 3.63) is 35.4 Å². The molecule has 0 unspecified atom stereocenters. The predicted molar refractivity (Wildman–Crippen MR) is 109 cm³/mol. The van der Waals surface area contributed by atoms with E-state index in [0.717, 1.165) is 0 Å². The minimum atomic E-state index is -1.83. The Hall–Kier alpha value is -3.10. The summed E-state index contributed by atoms with van der Waals surface area (Å²) in [5, 5.41) is 23.8. The molecule has 0 saturated heterocycles. The van der Waals surface area contributed by atoms with E-state index in [0.29, 0.717) is 0 Å². The number of ether oxygens (including phenoxy) is 1. The molecule has 0 aliphatic carbocycles. The van der Waals surface area contributed by atoms with Crippen molar-refractivity contribution in [2.24, 2.45) is 5.92 Å². The van der Waals surface area contributed by atoms with Crippen molar-refractivity contribution in [3.63, 3.8) is 0 Å². The van der Waals surface area contributed by atoms with Crippen molar-refractivity contribution in [2.75, 3.05) is 0 Å². The minimum Gasteiger partial charge on any atom is -0.479 e. The first-order chi connectivity index (χ1) is 13.7. The Labute approximate surface area is 175 Å². The van der Waals surface area contributed by atoms with Crippen LogP contribution in [0.15, 0.2) is 24.3 Å². The number of aromatic carboxylic acids is 1.